The lowest BCUT2D eigenvalue weighted by Crippen LogP contribution is -2.33. The number of hydrogen-bond donors (Lipinski definition) is 1. The summed E-state index contributed by atoms with van der Waals surface area (Å²) in [5.41, 5.74) is 0.516. The molecule has 0 saturated heterocycles. The van der Waals surface area contributed by atoms with E-state index in [9.17, 15) is 9.59 Å². The Hall–Kier alpha value is -2.85. The zero-order chi connectivity index (χ0) is 17.4. The van der Waals surface area contributed by atoms with E-state index in [1.165, 1.54) is 18.4 Å². The number of hydrogen-bond acceptors (Lipinski definition) is 6. The van der Waals surface area contributed by atoms with Crippen LogP contribution in [0.4, 0.5) is 0 Å². The van der Waals surface area contributed by atoms with E-state index >= 15 is 0 Å². The third kappa shape index (κ3) is 5.11. The quantitative estimate of drug-likeness (QED) is 0.779. The summed E-state index contributed by atoms with van der Waals surface area (Å²) in [7, 11) is 1.31. The second-order valence-electron chi connectivity index (χ2n) is 4.84. The Kier molecular flexibility index (Phi) is 6.34. The SMILES string of the molecule is COC(=O)C[C@@H](NC(=O)COc1ccc(C#N)cc1)c1cccs1. The van der Waals surface area contributed by atoms with Crippen LogP contribution >= 0.6 is 11.3 Å². The van der Waals surface area contributed by atoms with E-state index in [-0.39, 0.29) is 18.9 Å². The summed E-state index contributed by atoms with van der Waals surface area (Å²) in [6.45, 7) is -0.186. The predicted molar refractivity (Wildman–Crippen MR) is 88.5 cm³/mol. The minimum Gasteiger partial charge on any atom is -0.484 e. The van der Waals surface area contributed by atoms with Crippen LogP contribution in [0.2, 0.25) is 0 Å². The number of ether oxygens (including phenoxy) is 2. The average Bonchev–Trinajstić information content (AvgIpc) is 3.14. The molecule has 1 atom stereocenters. The molecule has 0 aliphatic heterocycles. The number of nitriles is 1. The maximum Gasteiger partial charge on any atom is 0.307 e. The highest BCUT2D eigenvalue weighted by atomic mass is 32.1. The van der Waals surface area contributed by atoms with Crippen LogP contribution in [0.1, 0.15) is 22.9 Å². The topological polar surface area (TPSA) is 88.4 Å². The fourth-order valence-electron chi connectivity index (χ4n) is 1.97. The molecule has 1 amide bonds. The molecule has 0 spiro atoms. The molecule has 7 heteroatoms. The summed E-state index contributed by atoms with van der Waals surface area (Å²) in [5.74, 6) is -0.256. The molecule has 0 radical (unpaired) electrons. The number of methoxy groups -OCH3 is 1. The van der Waals surface area contributed by atoms with Gasteiger partial charge in [-0.05, 0) is 35.7 Å². The Morgan fingerprint density at radius 1 is 1.29 bits per heavy atom. The first-order chi connectivity index (χ1) is 11.6. The van der Waals surface area contributed by atoms with Gasteiger partial charge in [-0.25, -0.2) is 0 Å². The summed E-state index contributed by atoms with van der Waals surface area (Å²) in [6.07, 6.45) is 0.0552. The Morgan fingerprint density at radius 3 is 2.62 bits per heavy atom. The molecule has 1 aromatic heterocycles. The highest BCUT2D eigenvalue weighted by Gasteiger charge is 2.20. The van der Waals surface area contributed by atoms with E-state index in [0.29, 0.717) is 11.3 Å². The first-order valence-corrected chi connectivity index (χ1v) is 8.03. The number of amides is 1. The number of esters is 1. The zero-order valence-electron chi connectivity index (χ0n) is 13.0. The van der Waals surface area contributed by atoms with Crippen molar-refractivity contribution >= 4 is 23.2 Å². The van der Waals surface area contributed by atoms with Crippen molar-refractivity contribution in [2.75, 3.05) is 13.7 Å². The Morgan fingerprint density at radius 2 is 2.04 bits per heavy atom. The summed E-state index contributed by atoms with van der Waals surface area (Å²) in [5, 5.41) is 13.4. The molecule has 2 aromatic rings. The van der Waals surface area contributed by atoms with Crippen molar-refractivity contribution in [2.45, 2.75) is 12.5 Å². The van der Waals surface area contributed by atoms with E-state index < -0.39 is 12.0 Å². The molecule has 0 aliphatic carbocycles. The Bertz CT molecular complexity index is 720. The highest BCUT2D eigenvalue weighted by molar-refractivity contribution is 7.10. The maximum atomic E-state index is 12.1. The van der Waals surface area contributed by atoms with Crippen molar-refractivity contribution in [1.82, 2.24) is 5.32 Å². The number of thiophene rings is 1. The third-order valence-electron chi connectivity index (χ3n) is 3.17. The van der Waals surface area contributed by atoms with Crippen LogP contribution in [0.5, 0.6) is 5.75 Å². The number of carbonyl (C=O) groups excluding carboxylic acids is 2. The largest absolute Gasteiger partial charge is 0.484 e. The second-order valence-corrected chi connectivity index (χ2v) is 5.82. The fourth-order valence-corrected chi connectivity index (χ4v) is 2.75. The van der Waals surface area contributed by atoms with Gasteiger partial charge in [-0.15, -0.1) is 11.3 Å². The molecule has 2 rings (SSSR count). The lowest BCUT2D eigenvalue weighted by Gasteiger charge is -2.16. The van der Waals surface area contributed by atoms with Crippen LogP contribution in [0.15, 0.2) is 41.8 Å². The predicted octanol–water partition coefficient (Wildman–Crippen LogP) is 2.42. The van der Waals surface area contributed by atoms with E-state index in [0.717, 1.165) is 4.88 Å². The molecule has 0 bridgehead atoms. The first-order valence-electron chi connectivity index (χ1n) is 7.15. The Balaban J connectivity index is 1.92. The van der Waals surface area contributed by atoms with Crippen LogP contribution in [-0.4, -0.2) is 25.6 Å². The van der Waals surface area contributed by atoms with Crippen molar-refractivity contribution < 1.29 is 19.1 Å². The minimum atomic E-state index is -0.450. The molecule has 124 valence electrons. The van der Waals surface area contributed by atoms with Crippen molar-refractivity contribution in [3.63, 3.8) is 0 Å². The molecule has 1 heterocycles. The van der Waals surface area contributed by atoms with Crippen LogP contribution < -0.4 is 10.1 Å². The van der Waals surface area contributed by atoms with E-state index in [2.05, 4.69) is 10.1 Å². The fraction of sp³-hybridized carbons (Fsp3) is 0.235. The van der Waals surface area contributed by atoms with Crippen molar-refractivity contribution in [3.05, 3.63) is 52.2 Å². The van der Waals surface area contributed by atoms with Gasteiger partial charge in [0.1, 0.15) is 5.75 Å². The smallest absolute Gasteiger partial charge is 0.307 e. The molecule has 1 aromatic carbocycles. The standard InChI is InChI=1S/C17H16N2O4S/c1-22-17(21)9-14(15-3-2-8-24-15)19-16(20)11-23-13-6-4-12(10-18)5-7-13/h2-8,14H,9,11H2,1H3,(H,19,20)/t14-/m1/s1. The minimum absolute atomic E-state index is 0.0552. The molecular weight excluding hydrogens is 328 g/mol. The van der Waals surface area contributed by atoms with Gasteiger partial charge in [0, 0.05) is 4.88 Å². The lowest BCUT2D eigenvalue weighted by atomic mass is 10.1. The molecule has 1 N–H and O–H groups in total. The average molecular weight is 344 g/mol. The van der Waals surface area contributed by atoms with Gasteiger partial charge < -0.3 is 14.8 Å². The van der Waals surface area contributed by atoms with E-state index in [1.54, 1.807) is 24.3 Å². The molecule has 0 fully saturated rings. The monoisotopic (exact) mass is 344 g/mol. The number of benzene rings is 1. The summed E-state index contributed by atoms with van der Waals surface area (Å²) in [4.78, 5) is 24.5. The van der Waals surface area contributed by atoms with Gasteiger partial charge in [-0.1, -0.05) is 6.07 Å². The second kappa shape index (κ2) is 8.70. The summed E-state index contributed by atoms with van der Waals surface area (Å²) >= 11 is 1.45. The summed E-state index contributed by atoms with van der Waals surface area (Å²) in [6, 6.07) is 11.7. The van der Waals surface area contributed by atoms with Crippen LogP contribution in [0, 0.1) is 11.3 Å². The first kappa shape index (κ1) is 17.5. The van der Waals surface area contributed by atoms with Gasteiger partial charge in [-0.3, -0.25) is 9.59 Å². The van der Waals surface area contributed by atoms with Gasteiger partial charge >= 0.3 is 5.97 Å². The Labute approximate surface area is 143 Å². The number of carbonyl (C=O) groups is 2. The molecule has 0 unspecified atom stereocenters. The number of rotatable bonds is 7. The summed E-state index contributed by atoms with van der Waals surface area (Å²) < 4.78 is 10.1. The molecule has 24 heavy (non-hydrogen) atoms. The molecule has 0 aliphatic rings. The van der Waals surface area contributed by atoms with Crippen LogP contribution in [0.25, 0.3) is 0 Å². The van der Waals surface area contributed by atoms with Crippen LogP contribution in [-0.2, 0) is 14.3 Å². The number of nitrogens with zero attached hydrogens (tertiary/aromatic N) is 1. The van der Waals surface area contributed by atoms with Crippen LogP contribution in [0.3, 0.4) is 0 Å². The molecular formula is C17H16N2O4S. The van der Waals surface area contributed by atoms with E-state index in [4.69, 9.17) is 10.00 Å². The highest BCUT2D eigenvalue weighted by Crippen LogP contribution is 2.22. The molecule has 0 saturated carbocycles. The van der Waals surface area contributed by atoms with Gasteiger partial charge in [0.25, 0.3) is 5.91 Å². The van der Waals surface area contributed by atoms with Gasteiger partial charge in [0.2, 0.25) is 0 Å². The molecule has 6 nitrogen and oxygen atoms in total. The maximum absolute atomic E-state index is 12.1. The van der Waals surface area contributed by atoms with Crippen molar-refractivity contribution in [3.8, 4) is 11.8 Å². The third-order valence-corrected chi connectivity index (χ3v) is 4.16. The normalized spacial score (nSPS) is 11.2. The van der Waals surface area contributed by atoms with E-state index in [1.807, 2.05) is 23.6 Å². The van der Waals surface area contributed by atoms with Crippen molar-refractivity contribution in [2.24, 2.45) is 0 Å². The lowest BCUT2D eigenvalue weighted by molar-refractivity contribution is -0.141. The van der Waals surface area contributed by atoms with Crippen molar-refractivity contribution in [1.29, 1.82) is 5.26 Å². The zero-order valence-corrected chi connectivity index (χ0v) is 13.8. The van der Waals surface area contributed by atoms with Gasteiger partial charge in [0.15, 0.2) is 6.61 Å². The van der Waals surface area contributed by atoms with Gasteiger partial charge in [0.05, 0.1) is 31.2 Å². The van der Waals surface area contributed by atoms with Gasteiger partial charge in [-0.2, -0.15) is 5.26 Å². The number of nitrogens with one attached hydrogen (secondary N) is 1.